The smallest absolute Gasteiger partial charge is 0.260 e. The van der Waals surface area contributed by atoms with Gasteiger partial charge in [0.1, 0.15) is 6.29 Å². The maximum atomic E-state index is 12.7. The van der Waals surface area contributed by atoms with Crippen LogP contribution in [0.5, 0.6) is 11.5 Å². The molecule has 1 amide bonds. The molecule has 1 aliphatic heterocycles. The molecule has 0 saturated carbocycles. The normalized spacial score (nSPS) is 16.6. The summed E-state index contributed by atoms with van der Waals surface area (Å²) in [6.45, 7) is 1.32. The van der Waals surface area contributed by atoms with Crippen molar-refractivity contribution < 1.29 is 19.1 Å². The Hall–Kier alpha value is -2.93. The Kier molecular flexibility index (Phi) is 5.76. The van der Waals surface area contributed by atoms with Crippen LogP contribution in [-0.2, 0) is 4.79 Å². The molecule has 29 heavy (non-hydrogen) atoms. The van der Waals surface area contributed by atoms with Crippen LogP contribution < -0.4 is 9.47 Å². The molecule has 0 unspecified atom stereocenters. The molecule has 1 aliphatic rings. The molecule has 150 valence electrons. The van der Waals surface area contributed by atoms with E-state index in [9.17, 15) is 9.59 Å². The Morgan fingerprint density at radius 3 is 2.93 bits per heavy atom. The molecule has 0 spiro atoms. The van der Waals surface area contributed by atoms with Gasteiger partial charge in [-0.2, -0.15) is 0 Å². The average Bonchev–Trinajstić information content (AvgIpc) is 3.22. The fourth-order valence-electron chi connectivity index (χ4n) is 3.58. The molecule has 0 N–H and O–H groups in total. The van der Waals surface area contributed by atoms with E-state index in [-0.39, 0.29) is 18.4 Å². The number of aldehydes is 1. The van der Waals surface area contributed by atoms with Crippen LogP contribution in [0.3, 0.4) is 0 Å². The van der Waals surface area contributed by atoms with Crippen LogP contribution in [-0.4, -0.2) is 48.9 Å². The minimum atomic E-state index is -0.0661. The molecule has 3 aromatic rings. The van der Waals surface area contributed by atoms with Gasteiger partial charge >= 0.3 is 0 Å². The Morgan fingerprint density at radius 2 is 2.14 bits per heavy atom. The molecule has 0 aliphatic carbocycles. The molecule has 2 aromatic carbocycles. The topological polar surface area (TPSA) is 68.7 Å². The van der Waals surface area contributed by atoms with Gasteiger partial charge in [-0.3, -0.25) is 9.59 Å². The van der Waals surface area contributed by atoms with Crippen molar-refractivity contribution in [1.29, 1.82) is 0 Å². The number of hydrogen-bond donors (Lipinski definition) is 0. The molecule has 7 heteroatoms. The van der Waals surface area contributed by atoms with Gasteiger partial charge in [-0.15, -0.1) is 11.3 Å². The van der Waals surface area contributed by atoms with Crippen molar-refractivity contribution in [3.8, 4) is 11.5 Å². The van der Waals surface area contributed by atoms with E-state index in [1.165, 1.54) is 11.8 Å². The summed E-state index contributed by atoms with van der Waals surface area (Å²) in [5.74, 6) is 1.09. The number of fused-ring (bicyclic) bond motifs is 1. The van der Waals surface area contributed by atoms with Gasteiger partial charge in [0.05, 0.1) is 22.3 Å². The molecular formula is C22H22N2O4S. The zero-order valence-electron chi connectivity index (χ0n) is 16.2. The summed E-state index contributed by atoms with van der Waals surface area (Å²) in [6.07, 6.45) is 2.72. The van der Waals surface area contributed by atoms with E-state index >= 15 is 0 Å². The molecule has 1 atom stereocenters. The number of amides is 1. The Balaban J connectivity index is 1.40. The predicted octanol–water partition coefficient (Wildman–Crippen LogP) is 3.90. The first-order valence-corrected chi connectivity index (χ1v) is 10.4. The van der Waals surface area contributed by atoms with Crippen molar-refractivity contribution in [1.82, 2.24) is 9.88 Å². The van der Waals surface area contributed by atoms with Crippen LogP contribution in [0.1, 0.15) is 34.1 Å². The second-order valence-corrected chi connectivity index (χ2v) is 8.08. The minimum Gasteiger partial charge on any atom is -0.493 e. The number of carbonyl (C=O) groups is 2. The first-order valence-electron chi connectivity index (χ1n) is 9.57. The highest BCUT2D eigenvalue weighted by Gasteiger charge is 2.27. The first-order chi connectivity index (χ1) is 14.2. The zero-order valence-corrected chi connectivity index (χ0v) is 17.0. The lowest BCUT2D eigenvalue weighted by Crippen LogP contribution is -2.41. The number of nitrogens with zero attached hydrogens (tertiary/aromatic N) is 2. The van der Waals surface area contributed by atoms with Crippen LogP contribution >= 0.6 is 11.3 Å². The van der Waals surface area contributed by atoms with E-state index in [2.05, 4.69) is 6.07 Å². The molecule has 1 fully saturated rings. The maximum Gasteiger partial charge on any atom is 0.260 e. The molecule has 1 aromatic heterocycles. The number of benzene rings is 2. The molecule has 0 bridgehead atoms. The van der Waals surface area contributed by atoms with E-state index in [1.807, 2.05) is 23.1 Å². The summed E-state index contributed by atoms with van der Waals surface area (Å²) in [4.78, 5) is 30.3. The van der Waals surface area contributed by atoms with Crippen LogP contribution in [0.4, 0.5) is 0 Å². The average molecular weight is 410 g/mol. The third-order valence-electron chi connectivity index (χ3n) is 5.11. The fraction of sp³-hybridized carbons (Fsp3) is 0.318. The predicted molar refractivity (Wildman–Crippen MR) is 112 cm³/mol. The number of rotatable bonds is 6. The number of likely N-dealkylation sites (tertiary alicyclic amines) is 1. The summed E-state index contributed by atoms with van der Waals surface area (Å²) >= 11 is 1.71. The summed E-state index contributed by atoms with van der Waals surface area (Å²) in [7, 11) is 1.51. The number of aromatic nitrogens is 1. The van der Waals surface area contributed by atoms with Crippen molar-refractivity contribution in [2.75, 3.05) is 26.8 Å². The molecular weight excluding hydrogens is 388 g/mol. The van der Waals surface area contributed by atoms with Gasteiger partial charge in [0.25, 0.3) is 5.91 Å². The van der Waals surface area contributed by atoms with Crippen molar-refractivity contribution >= 4 is 33.7 Å². The molecule has 0 radical (unpaired) electrons. The molecule has 6 nitrogen and oxygen atoms in total. The number of thiazole rings is 1. The van der Waals surface area contributed by atoms with E-state index < -0.39 is 0 Å². The monoisotopic (exact) mass is 410 g/mol. The lowest BCUT2D eigenvalue weighted by Gasteiger charge is -2.31. The largest absolute Gasteiger partial charge is 0.493 e. The van der Waals surface area contributed by atoms with E-state index in [0.29, 0.717) is 23.6 Å². The van der Waals surface area contributed by atoms with E-state index in [0.717, 1.165) is 36.2 Å². The highest BCUT2D eigenvalue weighted by atomic mass is 32.1. The Bertz CT molecular complexity index is 1000. The van der Waals surface area contributed by atoms with Crippen LogP contribution in [0.2, 0.25) is 0 Å². The van der Waals surface area contributed by atoms with Gasteiger partial charge < -0.3 is 14.4 Å². The standard InChI is InChI=1S/C22H22N2O4S/c1-27-19-11-15(13-25)8-9-18(19)28-14-21(26)24-10-4-5-16(12-24)22-23-17-6-2-3-7-20(17)29-22/h2-3,6-9,11,13,16H,4-5,10,12,14H2,1H3/t16-/m0/s1. The Labute approximate surface area is 173 Å². The van der Waals surface area contributed by atoms with Gasteiger partial charge in [0, 0.05) is 24.6 Å². The second kappa shape index (κ2) is 8.61. The van der Waals surface area contributed by atoms with Gasteiger partial charge in [-0.05, 0) is 43.2 Å². The number of methoxy groups -OCH3 is 1. The van der Waals surface area contributed by atoms with Crippen LogP contribution in [0, 0.1) is 0 Å². The van der Waals surface area contributed by atoms with Crippen LogP contribution in [0.25, 0.3) is 10.2 Å². The lowest BCUT2D eigenvalue weighted by atomic mass is 9.99. The molecule has 1 saturated heterocycles. The second-order valence-electron chi connectivity index (χ2n) is 7.02. The summed E-state index contributed by atoms with van der Waals surface area (Å²) in [5.41, 5.74) is 1.51. The Morgan fingerprint density at radius 1 is 1.28 bits per heavy atom. The molecule has 4 rings (SSSR count). The third-order valence-corrected chi connectivity index (χ3v) is 6.31. The van der Waals surface area contributed by atoms with Gasteiger partial charge in [0.15, 0.2) is 18.1 Å². The maximum absolute atomic E-state index is 12.7. The number of carbonyl (C=O) groups excluding carboxylic acids is 2. The number of piperidine rings is 1. The number of para-hydroxylation sites is 1. The number of ether oxygens (including phenoxy) is 2. The first kappa shape index (κ1) is 19.4. The van der Waals surface area contributed by atoms with Crippen molar-refractivity contribution in [2.24, 2.45) is 0 Å². The summed E-state index contributed by atoms with van der Waals surface area (Å²) < 4.78 is 12.1. The summed E-state index contributed by atoms with van der Waals surface area (Å²) in [5, 5.41) is 1.09. The van der Waals surface area contributed by atoms with Gasteiger partial charge in [-0.1, -0.05) is 12.1 Å². The van der Waals surface area contributed by atoms with Gasteiger partial charge in [0.2, 0.25) is 0 Å². The van der Waals surface area contributed by atoms with Crippen molar-refractivity contribution in [2.45, 2.75) is 18.8 Å². The molecule has 2 heterocycles. The minimum absolute atomic E-state index is 0.0580. The quantitative estimate of drug-likeness (QED) is 0.577. The summed E-state index contributed by atoms with van der Waals surface area (Å²) in [6, 6.07) is 13.0. The SMILES string of the molecule is COc1cc(C=O)ccc1OCC(=O)N1CCC[C@H](c2nc3ccccc3s2)C1. The lowest BCUT2D eigenvalue weighted by molar-refractivity contribution is -0.134. The van der Waals surface area contributed by atoms with Crippen LogP contribution in [0.15, 0.2) is 42.5 Å². The number of hydrogen-bond acceptors (Lipinski definition) is 6. The van der Waals surface area contributed by atoms with Gasteiger partial charge in [-0.25, -0.2) is 4.98 Å². The van der Waals surface area contributed by atoms with Crippen molar-refractivity contribution in [3.05, 3.63) is 53.0 Å². The zero-order chi connectivity index (χ0) is 20.2. The highest BCUT2D eigenvalue weighted by Crippen LogP contribution is 2.33. The highest BCUT2D eigenvalue weighted by molar-refractivity contribution is 7.18. The van der Waals surface area contributed by atoms with Crippen molar-refractivity contribution in [3.63, 3.8) is 0 Å². The fourth-order valence-corrected chi connectivity index (χ4v) is 4.67. The van der Waals surface area contributed by atoms with E-state index in [1.54, 1.807) is 29.5 Å². The third kappa shape index (κ3) is 4.24. The van der Waals surface area contributed by atoms with E-state index in [4.69, 9.17) is 14.5 Å².